The molecule has 0 N–H and O–H groups in total. The third-order valence-electron chi connectivity index (χ3n) is 4.81. The quantitative estimate of drug-likeness (QED) is 0.773. The van der Waals surface area contributed by atoms with Gasteiger partial charge in [-0.15, -0.1) is 0 Å². The molecule has 0 aliphatic carbocycles. The SMILES string of the molecule is CN(C)CCCn1ccnc1C1CCCN(C(=O)c2nn(C)cc2Cl)C1. The Morgan fingerprint density at radius 1 is 1.42 bits per heavy atom. The molecule has 2 aromatic rings. The molecule has 0 radical (unpaired) electrons. The maximum absolute atomic E-state index is 12.8. The molecule has 0 saturated carbocycles. The van der Waals surface area contributed by atoms with Gasteiger partial charge in [-0.25, -0.2) is 4.98 Å². The summed E-state index contributed by atoms with van der Waals surface area (Å²) in [5.41, 5.74) is 0.337. The summed E-state index contributed by atoms with van der Waals surface area (Å²) in [5.74, 6) is 1.24. The van der Waals surface area contributed by atoms with Crippen molar-refractivity contribution < 1.29 is 4.79 Å². The van der Waals surface area contributed by atoms with E-state index < -0.39 is 0 Å². The first-order valence-corrected chi connectivity index (χ1v) is 9.47. The van der Waals surface area contributed by atoms with Crippen molar-refractivity contribution in [2.75, 3.05) is 33.7 Å². The number of nitrogens with zero attached hydrogens (tertiary/aromatic N) is 6. The number of aryl methyl sites for hydroxylation is 2. The number of aromatic nitrogens is 4. The zero-order chi connectivity index (χ0) is 18.7. The van der Waals surface area contributed by atoms with E-state index in [1.165, 1.54) is 0 Å². The number of halogens is 1. The fourth-order valence-corrected chi connectivity index (χ4v) is 3.81. The smallest absolute Gasteiger partial charge is 0.275 e. The van der Waals surface area contributed by atoms with E-state index in [1.807, 2.05) is 17.3 Å². The fourth-order valence-electron chi connectivity index (χ4n) is 3.55. The molecule has 1 saturated heterocycles. The summed E-state index contributed by atoms with van der Waals surface area (Å²) in [5, 5.41) is 4.62. The largest absolute Gasteiger partial charge is 0.336 e. The van der Waals surface area contributed by atoms with Crippen LogP contribution in [0.2, 0.25) is 5.02 Å². The molecule has 7 nitrogen and oxygen atoms in total. The summed E-state index contributed by atoms with van der Waals surface area (Å²) in [6, 6.07) is 0. The predicted molar refractivity (Wildman–Crippen MR) is 101 cm³/mol. The summed E-state index contributed by atoms with van der Waals surface area (Å²) >= 11 is 6.15. The fraction of sp³-hybridized carbons (Fsp3) is 0.611. The average Bonchev–Trinajstić information content (AvgIpc) is 3.20. The Bertz CT molecular complexity index is 753. The molecule has 3 rings (SSSR count). The molecule has 1 atom stereocenters. The van der Waals surface area contributed by atoms with Gasteiger partial charge in [0.15, 0.2) is 5.69 Å². The van der Waals surface area contributed by atoms with Crippen molar-refractivity contribution >= 4 is 17.5 Å². The van der Waals surface area contributed by atoms with E-state index in [0.29, 0.717) is 17.3 Å². The first-order valence-electron chi connectivity index (χ1n) is 9.10. The van der Waals surface area contributed by atoms with E-state index in [2.05, 4.69) is 33.6 Å². The lowest BCUT2D eigenvalue weighted by atomic mass is 9.96. The second-order valence-corrected chi connectivity index (χ2v) is 7.63. The van der Waals surface area contributed by atoms with Gasteiger partial charge >= 0.3 is 0 Å². The van der Waals surface area contributed by atoms with Gasteiger partial charge in [-0.1, -0.05) is 11.6 Å². The van der Waals surface area contributed by atoms with Crippen LogP contribution >= 0.6 is 11.6 Å². The Labute approximate surface area is 159 Å². The number of hydrogen-bond donors (Lipinski definition) is 0. The maximum Gasteiger partial charge on any atom is 0.275 e. The lowest BCUT2D eigenvalue weighted by molar-refractivity contribution is 0.0696. The molecule has 0 spiro atoms. The minimum atomic E-state index is -0.0917. The van der Waals surface area contributed by atoms with Crippen LogP contribution in [0.25, 0.3) is 0 Å². The minimum Gasteiger partial charge on any atom is -0.336 e. The van der Waals surface area contributed by atoms with Crippen LogP contribution in [0.15, 0.2) is 18.6 Å². The molecule has 1 aliphatic heterocycles. The highest BCUT2D eigenvalue weighted by Gasteiger charge is 2.30. The number of piperidine rings is 1. The lowest BCUT2D eigenvalue weighted by Gasteiger charge is -2.32. The van der Waals surface area contributed by atoms with Gasteiger partial charge in [-0.3, -0.25) is 9.48 Å². The van der Waals surface area contributed by atoms with Crippen LogP contribution in [-0.4, -0.2) is 68.8 Å². The van der Waals surface area contributed by atoms with Crippen molar-refractivity contribution in [3.63, 3.8) is 0 Å². The van der Waals surface area contributed by atoms with Gasteiger partial charge in [-0.05, 0) is 39.9 Å². The van der Waals surface area contributed by atoms with Crippen LogP contribution in [0, 0.1) is 0 Å². The molecular formula is C18H27ClN6O. The van der Waals surface area contributed by atoms with Crippen molar-refractivity contribution in [2.45, 2.75) is 31.7 Å². The normalized spacial score (nSPS) is 17.9. The molecule has 8 heteroatoms. The molecule has 3 heterocycles. The summed E-state index contributed by atoms with van der Waals surface area (Å²) in [4.78, 5) is 21.5. The molecule has 1 unspecified atom stereocenters. The number of amides is 1. The number of hydrogen-bond acceptors (Lipinski definition) is 4. The highest BCUT2D eigenvalue weighted by molar-refractivity contribution is 6.33. The lowest BCUT2D eigenvalue weighted by Crippen LogP contribution is -2.40. The molecule has 0 aromatic carbocycles. The number of carbonyl (C=O) groups is 1. The van der Waals surface area contributed by atoms with E-state index in [1.54, 1.807) is 17.9 Å². The van der Waals surface area contributed by atoms with Crippen molar-refractivity contribution in [3.05, 3.63) is 35.1 Å². The minimum absolute atomic E-state index is 0.0917. The van der Waals surface area contributed by atoms with E-state index in [-0.39, 0.29) is 11.8 Å². The number of likely N-dealkylation sites (tertiary alicyclic amines) is 1. The van der Waals surface area contributed by atoms with Crippen molar-refractivity contribution in [2.24, 2.45) is 7.05 Å². The number of imidazole rings is 1. The molecule has 26 heavy (non-hydrogen) atoms. The van der Waals surface area contributed by atoms with E-state index in [0.717, 1.165) is 44.7 Å². The number of rotatable bonds is 6. The van der Waals surface area contributed by atoms with Crippen LogP contribution in [0.1, 0.15) is 41.5 Å². The van der Waals surface area contributed by atoms with Gasteiger partial charge in [0.05, 0.1) is 5.02 Å². The third-order valence-corrected chi connectivity index (χ3v) is 5.09. The van der Waals surface area contributed by atoms with Crippen LogP contribution in [-0.2, 0) is 13.6 Å². The van der Waals surface area contributed by atoms with Crippen molar-refractivity contribution in [3.8, 4) is 0 Å². The standard InChI is InChI=1S/C18H27ClN6O/c1-22(2)8-5-10-24-11-7-20-17(24)14-6-4-9-25(12-14)18(26)16-15(19)13-23(3)21-16/h7,11,13-14H,4-6,8-10,12H2,1-3H3. The second kappa shape index (κ2) is 8.22. The molecule has 1 fully saturated rings. The maximum atomic E-state index is 12.8. The molecule has 1 aliphatic rings. The third kappa shape index (κ3) is 4.27. The van der Waals surface area contributed by atoms with E-state index in [4.69, 9.17) is 11.6 Å². The first-order chi connectivity index (χ1) is 12.5. The van der Waals surface area contributed by atoms with Crippen LogP contribution in [0.3, 0.4) is 0 Å². The van der Waals surface area contributed by atoms with Crippen LogP contribution in [0.4, 0.5) is 0 Å². The van der Waals surface area contributed by atoms with E-state index >= 15 is 0 Å². The monoisotopic (exact) mass is 378 g/mol. The van der Waals surface area contributed by atoms with Crippen LogP contribution < -0.4 is 0 Å². The second-order valence-electron chi connectivity index (χ2n) is 7.23. The van der Waals surface area contributed by atoms with Gasteiger partial charge in [0, 0.05) is 51.2 Å². The molecule has 1 amide bonds. The average molecular weight is 379 g/mol. The van der Waals surface area contributed by atoms with Crippen molar-refractivity contribution in [1.82, 2.24) is 29.1 Å². The molecule has 2 aromatic heterocycles. The zero-order valence-corrected chi connectivity index (χ0v) is 16.5. The van der Waals surface area contributed by atoms with Gasteiger partial charge in [-0.2, -0.15) is 5.10 Å². The topological polar surface area (TPSA) is 59.2 Å². The van der Waals surface area contributed by atoms with Crippen LogP contribution in [0.5, 0.6) is 0 Å². The Hall–Kier alpha value is -1.86. The summed E-state index contributed by atoms with van der Waals surface area (Å²) in [6.07, 6.45) is 8.65. The Morgan fingerprint density at radius 3 is 2.92 bits per heavy atom. The molecular weight excluding hydrogens is 352 g/mol. The Kier molecular flexibility index (Phi) is 5.98. The highest BCUT2D eigenvalue weighted by Crippen LogP contribution is 2.27. The Balaban J connectivity index is 1.68. The molecule has 0 bridgehead atoms. The van der Waals surface area contributed by atoms with E-state index in [9.17, 15) is 4.79 Å². The predicted octanol–water partition coefficient (Wildman–Crippen LogP) is 2.24. The van der Waals surface area contributed by atoms with Gasteiger partial charge in [0.1, 0.15) is 5.82 Å². The highest BCUT2D eigenvalue weighted by atomic mass is 35.5. The van der Waals surface area contributed by atoms with Gasteiger partial charge < -0.3 is 14.4 Å². The van der Waals surface area contributed by atoms with Gasteiger partial charge in [0.25, 0.3) is 5.91 Å². The zero-order valence-electron chi connectivity index (χ0n) is 15.7. The summed E-state index contributed by atoms with van der Waals surface area (Å²) < 4.78 is 3.81. The number of carbonyl (C=O) groups excluding carboxylic acids is 1. The molecule has 142 valence electrons. The van der Waals surface area contributed by atoms with Gasteiger partial charge in [0.2, 0.25) is 0 Å². The Morgan fingerprint density at radius 2 is 2.23 bits per heavy atom. The summed E-state index contributed by atoms with van der Waals surface area (Å²) in [6.45, 7) is 3.40. The summed E-state index contributed by atoms with van der Waals surface area (Å²) in [7, 11) is 5.94. The van der Waals surface area contributed by atoms with Crippen molar-refractivity contribution in [1.29, 1.82) is 0 Å². The first kappa shape index (κ1) is 18.9.